The Balaban J connectivity index is 2.48. The molecule has 0 aromatic carbocycles. The summed E-state index contributed by atoms with van der Waals surface area (Å²) in [4.78, 5) is 0. The van der Waals surface area contributed by atoms with E-state index in [4.69, 9.17) is 0 Å². The van der Waals surface area contributed by atoms with Crippen LogP contribution >= 0.6 is 0 Å². The van der Waals surface area contributed by atoms with Gasteiger partial charge >= 0.3 is 17.8 Å². The van der Waals surface area contributed by atoms with Crippen molar-refractivity contribution in [3.63, 3.8) is 0 Å². The van der Waals surface area contributed by atoms with Crippen LogP contribution in [0.5, 0.6) is 0 Å². The summed E-state index contributed by atoms with van der Waals surface area (Å²) in [6.07, 6.45) is 6.74. The minimum absolute atomic E-state index is 0.121. The van der Waals surface area contributed by atoms with Crippen molar-refractivity contribution in [1.82, 2.24) is 0 Å². The van der Waals surface area contributed by atoms with Gasteiger partial charge in [-0.15, -0.1) is 0 Å². The smallest absolute Gasteiger partial charge is 0.374 e. The predicted molar refractivity (Wildman–Crippen MR) is 66.9 cm³/mol. The minimum Gasteiger partial charge on any atom is -0.374 e. The number of aliphatic hydroxyl groups is 1. The lowest BCUT2D eigenvalue weighted by molar-refractivity contribution is -0.475. The molecule has 21 heavy (non-hydrogen) atoms. The average Bonchev–Trinajstić information content (AvgIpc) is 2.40. The van der Waals surface area contributed by atoms with Crippen LogP contribution in [0, 0.1) is 0 Å². The quantitative estimate of drug-likeness (QED) is 0.382. The first-order valence-electron chi connectivity index (χ1n) is 7.09. The second-order valence-electron chi connectivity index (χ2n) is 5.45. The van der Waals surface area contributed by atoms with Crippen molar-refractivity contribution in [2.24, 2.45) is 0 Å². The molecule has 1 nitrogen and oxygen atoms in total. The summed E-state index contributed by atoms with van der Waals surface area (Å²) in [6.45, 7) is 2.05. The zero-order chi connectivity index (χ0) is 16.4. The topological polar surface area (TPSA) is 20.2 Å². The van der Waals surface area contributed by atoms with E-state index in [1.54, 1.807) is 0 Å². The van der Waals surface area contributed by atoms with Crippen molar-refractivity contribution >= 4 is 0 Å². The monoisotopic (exact) mass is 318 g/mol. The van der Waals surface area contributed by atoms with Gasteiger partial charge in [-0.05, 0) is 18.9 Å². The lowest BCUT2D eigenvalue weighted by Gasteiger charge is -2.54. The molecular formula is C14H20F6O. The summed E-state index contributed by atoms with van der Waals surface area (Å²) in [6, 6.07) is 0. The van der Waals surface area contributed by atoms with Crippen molar-refractivity contribution in [3.8, 4) is 0 Å². The largest absolute Gasteiger partial charge is 0.379 e. The zero-order valence-electron chi connectivity index (χ0n) is 11.8. The van der Waals surface area contributed by atoms with Crippen LogP contribution in [0.1, 0.15) is 51.9 Å². The number of halogens is 6. The van der Waals surface area contributed by atoms with E-state index >= 15 is 0 Å². The predicted octanol–water partition coefficient (Wildman–Crippen LogP) is 4.94. The summed E-state index contributed by atoms with van der Waals surface area (Å²) in [5, 5.41) is 9.21. The van der Waals surface area contributed by atoms with Crippen molar-refractivity contribution < 1.29 is 31.4 Å². The van der Waals surface area contributed by atoms with Crippen molar-refractivity contribution in [2.45, 2.75) is 75.2 Å². The molecule has 1 saturated carbocycles. The van der Waals surface area contributed by atoms with Gasteiger partial charge in [0.05, 0.1) is 0 Å². The lowest BCUT2D eigenvalue weighted by atomic mass is 9.67. The number of rotatable bonds is 8. The summed E-state index contributed by atoms with van der Waals surface area (Å²) in [7, 11) is 0. The third-order valence-corrected chi connectivity index (χ3v) is 3.83. The molecule has 1 aliphatic carbocycles. The Bertz CT molecular complexity index is 360. The van der Waals surface area contributed by atoms with E-state index in [9.17, 15) is 31.4 Å². The third-order valence-electron chi connectivity index (χ3n) is 3.83. The number of allylic oxidation sites excluding steroid dienone is 1. The van der Waals surface area contributed by atoms with Gasteiger partial charge in [-0.2, -0.15) is 26.3 Å². The standard InChI is InChI=1S/C14H20F6O/c1-2-3-4-5-6-7-8-9-10-11(21)12(15,16)14(19,20)13(11,17)18/h9-10,21H,2-8H2,1H3. The molecule has 0 spiro atoms. The first-order valence-corrected chi connectivity index (χ1v) is 7.09. The van der Waals surface area contributed by atoms with Gasteiger partial charge in [-0.25, -0.2) is 0 Å². The molecule has 1 rings (SSSR count). The van der Waals surface area contributed by atoms with Gasteiger partial charge in [0.25, 0.3) is 0 Å². The fourth-order valence-electron chi connectivity index (χ4n) is 2.32. The molecule has 0 aromatic rings. The Morgan fingerprint density at radius 1 is 0.762 bits per heavy atom. The highest BCUT2D eigenvalue weighted by molar-refractivity contribution is 5.34. The second-order valence-corrected chi connectivity index (χ2v) is 5.45. The summed E-state index contributed by atoms with van der Waals surface area (Å²) in [5.41, 5.74) is -4.11. The van der Waals surface area contributed by atoms with Crippen molar-refractivity contribution in [2.75, 3.05) is 0 Å². The summed E-state index contributed by atoms with van der Waals surface area (Å²) >= 11 is 0. The molecule has 0 aliphatic heterocycles. The maximum Gasteiger partial charge on any atom is 0.379 e. The van der Waals surface area contributed by atoms with E-state index in [0.717, 1.165) is 38.2 Å². The van der Waals surface area contributed by atoms with Crippen LogP contribution in [0.2, 0.25) is 0 Å². The fourth-order valence-corrected chi connectivity index (χ4v) is 2.32. The molecule has 7 heteroatoms. The average molecular weight is 318 g/mol. The Hall–Kier alpha value is -0.720. The third kappa shape index (κ3) is 2.69. The molecule has 0 unspecified atom stereocenters. The maximum absolute atomic E-state index is 13.0. The number of alkyl halides is 6. The highest BCUT2D eigenvalue weighted by atomic mass is 19.4. The summed E-state index contributed by atoms with van der Waals surface area (Å²) < 4.78 is 77.5. The molecular weight excluding hydrogens is 298 g/mol. The molecule has 0 bridgehead atoms. The molecule has 124 valence electrons. The SMILES string of the molecule is CCCCCCCCC=CC1(O)C(F)(F)C(F)(F)C1(F)F. The van der Waals surface area contributed by atoms with Crippen molar-refractivity contribution in [1.29, 1.82) is 0 Å². The number of unbranched alkanes of at least 4 members (excludes halogenated alkanes) is 6. The van der Waals surface area contributed by atoms with Gasteiger partial charge < -0.3 is 5.11 Å². The Labute approximate surface area is 120 Å². The van der Waals surface area contributed by atoms with E-state index in [0.29, 0.717) is 6.42 Å². The molecule has 0 aromatic heterocycles. The van der Waals surface area contributed by atoms with E-state index in [1.165, 1.54) is 0 Å². The molecule has 0 heterocycles. The highest BCUT2D eigenvalue weighted by Gasteiger charge is 2.97. The van der Waals surface area contributed by atoms with Gasteiger partial charge in [0.1, 0.15) is 0 Å². The van der Waals surface area contributed by atoms with Crippen LogP contribution in [0.15, 0.2) is 12.2 Å². The van der Waals surface area contributed by atoms with E-state index in [1.807, 2.05) is 0 Å². The molecule has 1 aliphatic rings. The van der Waals surface area contributed by atoms with Crippen LogP contribution < -0.4 is 0 Å². The number of hydrogen-bond acceptors (Lipinski definition) is 1. The second kappa shape index (κ2) is 6.18. The molecule has 0 atom stereocenters. The first-order chi connectivity index (χ1) is 9.56. The number of hydrogen-bond donors (Lipinski definition) is 1. The van der Waals surface area contributed by atoms with Gasteiger partial charge in [0, 0.05) is 0 Å². The van der Waals surface area contributed by atoms with Gasteiger partial charge in [0.15, 0.2) is 0 Å². The van der Waals surface area contributed by atoms with Crippen LogP contribution in [-0.4, -0.2) is 28.5 Å². The molecule has 0 amide bonds. The lowest BCUT2D eigenvalue weighted by Crippen LogP contribution is -2.85. The minimum atomic E-state index is -5.53. The molecule has 0 radical (unpaired) electrons. The molecule has 1 N–H and O–H groups in total. The molecule has 0 saturated heterocycles. The van der Waals surface area contributed by atoms with E-state index < -0.39 is 23.4 Å². The first kappa shape index (κ1) is 18.3. The Morgan fingerprint density at radius 2 is 1.24 bits per heavy atom. The van der Waals surface area contributed by atoms with Crippen LogP contribution in [0.4, 0.5) is 26.3 Å². The van der Waals surface area contributed by atoms with E-state index in [-0.39, 0.29) is 12.5 Å². The maximum atomic E-state index is 13.0. The van der Waals surface area contributed by atoms with Crippen molar-refractivity contribution in [3.05, 3.63) is 12.2 Å². The zero-order valence-corrected chi connectivity index (χ0v) is 11.8. The van der Waals surface area contributed by atoms with Crippen LogP contribution in [-0.2, 0) is 0 Å². The Morgan fingerprint density at radius 3 is 1.76 bits per heavy atom. The van der Waals surface area contributed by atoms with Gasteiger partial charge in [0.2, 0.25) is 5.60 Å². The van der Waals surface area contributed by atoms with Crippen LogP contribution in [0.3, 0.4) is 0 Å². The normalized spacial score (nSPS) is 25.0. The highest BCUT2D eigenvalue weighted by Crippen LogP contribution is 2.67. The summed E-state index contributed by atoms with van der Waals surface area (Å²) in [5.74, 6) is -15.9. The van der Waals surface area contributed by atoms with Gasteiger partial charge in [-0.3, -0.25) is 0 Å². The fraction of sp³-hybridized carbons (Fsp3) is 0.857. The Kier molecular flexibility index (Phi) is 5.40. The van der Waals surface area contributed by atoms with Gasteiger partial charge in [-0.1, -0.05) is 45.1 Å². The van der Waals surface area contributed by atoms with Crippen LogP contribution in [0.25, 0.3) is 0 Å². The van der Waals surface area contributed by atoms with E-state index in [2.05, 4.69) is 6.92 Å². The molecule has 1 fully saturated rings.